The monoisotopic (exact) mass is 346 g/mol. The Bertz CT molecular complexity index is 1010. The van der Waals surface area contributed by atoms with Gasteiger partial charge in [-0.05, 0) is 71.8 Å². The molecule has 0 atom stereocenters. The van der Waals surface area contributed by atoms with Gasteiger partial charge in [0.1, 0.15) is 11.8 Å². The molecule has 2 aromatic heterocycles. The fraction of sp³-hybridized carbons (Fsp3) is 0.278. The van der Waals surface area contributed by atoms with Gasteiger partial charge in [-0.3, -0.25) is 0 Å². The summed E-state index contributed by atoms with van der Waals surface area (Å²) in [6, 6.07) is 14.9. The van der Waals surface area contributed by atoms with E-state index in [0.717, 1.165) is 53.8 Å². The topological polar surface area (TPSA) is 86.3 Å². The number of nitrogens with one attached hydrogen (secondary N) is 1. The SMILES string of the molecule is c1cc(-n2cnnn2)ccc1-c1ccc2c(c1)nnn2C1CCNCC1. The predicted molar refractivity (Wildman–Crippen MR) is 96.8 cm³/mol. The highest BCUT2D eigenvalue weighted by Gasteiger charge is 2.18. The molecule has 4 aromatic rings. The molecule has 0 spiro atoms. The van der Waals surface area contributed by atoms with Gasteiger partial charge in [-0.2, -0.15) is 0 Å². The van der Waals surface area contributed by atoms with Gasteiger partial charge in [0.2, 0.25) is 0 Å². The van der Waals surface area contributed by atoms with Crippen LogP contribution in [0.4, 0.5) is 0 Å². The zero-order chi connectivity index (χ0) is 17.3. The minimum absolute atomic E-state index is 0.433. The molecule has 0 bridgehead atoms. The van der Waals surface area contributed by atoms with E-state index in [1.165, 1.54) is 0 Å². The molecule has 8 heteroatoms. The third kappa shape index (κ3) is 2.64. The van der Waals surface area contributed by atoms with Crippen LogP contribution in [0.2, 0.25) is 0 Å². The summed E-state index contributed by atoms with van der Waals surface area (Å²) in [5.41, 5.74) is 5.21. The van der Waals surface area contributed by atoms with Crippen LogP contribution in [0.3, 0.4) is 0 Å². The van der Waals surface area contributed by atoms with Crippen molar-refractivity contribution in [1.82, 2.24) is 40.5 Å². The maximum absolute atomic E-state index is 4.42. The second-order valence-corrected chi connectivity index (χ2v) is 6.52. The molecule has 0 saturated carbocycles. The molecule has 1 aliphatic rings. The minimum Gasteiger partial charge on any atom is -0.317 e. The van der Waals surface area contributed by atoms with Gasteiger partial charge in [-0.25, -0.2) is 9.36 Å². The second kappa shape index (κ2) is 6.30. The van der Waals surface area contributed by atoms with E-state index in [-0.39, 0.29) is 0 Å². The molecule has 1 fully saturated rings. The number of hydrogen-bond donors (Lipinski definition) is 1. The molecule has 3 heterocycles. The van der Waals surface area contributed by atoms with Crippen LogP contribution < -0.4 is 5.32 Å². The molecule has 1 N–H and O–H groups in total. The first-order valence-corrected chi connectivity index (χ1v) is 8.78. The van der Waals surface area contributed by atoms with Gasteiger partial charge >= 0.3 is 0 Å². The normalized spacial score (nSPS) is 15.5. The Morgan fingerprint density at radius 3 is 2.50 bits per heavy atom. The summed E-state index contributed by atoms with van der Waals surface area (Å²) in [5, 5.41) is 23.4. The van der Waals surface area contributed by atoms with Crippen molar-refractivity contribution in [2.24, 2.45) is 0 Å². The molecule has 0 radical (unpaired) electrons. The standard InChI is InChI=1S/C18H18N8/c1-4-15(25-12-20-22-24-25)5-2-13(1)14-3-6-18-17(11-14)21-23-26(18)16-7-9-19-10-8-16/h1-6,11-12,16,19H,7-10H2. The Hall–Kier alpha value is -3.13. The van der Waals surface area contributed by atoms with Crippen LogP contribution >= 0.6 is 0 Å². The van der Waals surface area contributed by atoms with Crippen molar-refractivity contribution in [3.8, 4) is 16.8 Å². The van der Waals surface area contributed by atoms with E-state index < -0.39 is 0 Å². The van der Waals surface area contributed by atoms with E-state index in [4.69, 9.17) is 0 Å². The Labute approximate surface area is 149 Å². The first-order valence-electron chi connectivity index (χ1n) is 8.78. The summed E-state index contributed by atoms with van der Waals surface area (Å²) in [6.07, 6.45) is 3.78. The predicted octanol–water partition coefficient (Wildman–Crippen LogP) is 2.00. The van der Waals surface area contributed by atoms with Gasteiger partial charge in [0.25, 0.3) is 0 Å². The van der Waals surface area contributed by atoms with Crippen LogP contribution in [-0.2, 0) is 0 Å². The van der Waals surface area contributed by atoms with Gasteiger partial charge in [-0.15, -0.1) is 10.2 Å². The zero-order valence-electron chi connectivity index (χ0n) is 14.2. The average molecular weight is 346 g/mol. The van der Waals surface area contributed by atoms with Gasteiger partial charge in [0, 0.05) is 0 Å². The number of fused-ring (bicyclic) bond motifs is 1. The molecule has 5 rings (SSSR count). The quantitative estimate of drug-likeness (QED) is 0.611. The fourth-order valence-electron chi connectivity index (χ4n) is 3.53. The molecule has 130 valence electrons. The number of tetrazole rings is 1. The van der Waals surface area contributed by atoms with Crippen molar-refractivity contribution in [3.05, 3.63) is 48.8 Å². The number of benzene rings is 2. The number of piperidine rings is 1. The lowest BCUT2D eigenvalue weighted by Gasteiger charge is -2.22. The van der Waals surface area contributed by atoms with Crippen LogP contribution in [-0.4, -0.2) is 48.3 Å². The van der Waals surface area contributed by atoms with Gasteiger partial charge in [0.05, 0.1) is 17.2 Å². The van der Waals surface area contributed by atoms with Crippen molar-refractivity contribution in [1.29, 1.82) is 0 Å². The molecular formula is C18H18N8. The first kappa shape index (κ1) is 15.2. The summed E-state index contributed by atoms with van der Waals surface area (Å²) in [5.74, 6) is 0. The van der Waals surface area contributed by atoms with Gasteiger partial charge < -0.3 is 5.32 Å². The molecule has 1 aliphatic heterocycles. The highest BCUT2D eigenvalue weighted by molar-refractivity contribution is 5.81. The van der Waals surface area contributed by atoms with E-state index in [0.29, 0.717) is 6.04 Å². The Kier molecular flexibility index (Phi) is 3.67. The van der Waals surface area contributed by atoms with E-state index in [2.05, 4.69) is 66.2 Å². The van der Waals surface area contributed by atoms with Crippen molar-refractivity contribution in [2.45, 2.75) is 18.9 Å². The van der Waals surface area contributed by atoms with E-state index in [1.807, 2.05) is 12.1 Å². The highest BCUT2D eigenvalue weighted by atomic mass is 15.5. The van der Waals surface area contributed by atoms with Gasteiger partial charge in [0.15, 0.2) is 0 Å². The Morgan fingerprint density at radius 2 is 1.73 bits per heavy atom. The fourth-order valence-corrected chi connectivity index (χ4v) is 3.53. The van der Waals surface area contributed by atoms with E-state index >= 15 is 0 Å². The van der Waals surface area contributed by atoms with Crippen LogP contribution in [0.1, 0.15) is 18.9 Å². The largest absolute Gasteiger partial charge is 0.317 e. The molecule has 0 unspecified atom stereocenters. The van der Waals surface area contributed by atoms with Crippen molar-refractivity contribution in [3.63, 3.8) is 0 Å². The van der Waals surface area contributed by atoms with E-state index in [1.54, 1.807) is 11.0 Å². The molecular weight excluding hydrogens is 328 g/mol. The number of hydrogen-bond acceptors (Lipinski definition) is 6. The second-order valence-electron chi connectivity index (χ2n) is 6.52. The summed E-state index contributed by atoms with van der Waals surface area (Å²) >= 11 is 0. The van der Waals surface area contributed by atoms with Crippen molar-refractivity contribution in [2.75, 3.05) is 13.1 Å². The smallest absolute Gasteiger partial charge is 0.143 e. The maximum atomic E-state index is 4.42. The average Bonchev–Trinajstić information content (AvgIpc) is 3.38. The van der Waals surface area contributed by atoms with Crippen LogP contribution in [0.5, 0.6) is 0 Å². The summed E-state index contributed by atoms with van der Waals surface area (Å²) in [6.45, 7) is 2.08. The molecule has 8 nitrogen and oxygen atoms in total. The number of aromatic nitrogens is 7. The summed E-state index contributed by atoms with van der Waals surface area (Å²) < 4.78 is 3.72. The first-order chi connectivity index (χ1) is 12.9. The molecule has 2 aromatic carbocycles. The van der Waals surface area contributed by atoms with Crippen molar-refractivity contribution < 1.29 is 0 Å². The Balaban J connectivity index is 1.46. The summed E-state index contributed by atoms with van der Waals surface area (Å²) in [7, 11) is 0. The van der Waals surface area contributed by atoms with Gasteiger partial charge in [-0.1, -0.05) is 23.4 Å². The van der Waals surface area contributed by atoms with Crippen LogP contribution in [0.25, 0.3) is 27.8 Å². The molecule has 1 saturated heterocycles. The maximum Gasteiger partial charge on any atom is 0.143 e. The third-order valence-corrected chi connectivity index (χ3v) is 4.94. The number of rotatable bonds is 3. The molecule has 0 amide bonds. The third-order valence-electron chi connectivity index (χ3n) is 4.94. The lowest BCUT2D eigenvalue weighted by Crippen LogP contribution is -2.29. The lowest BCUT2D eigenvalue weighted by molar-refractivity contribution is 0.345. The van der Waals surface area contributed by atoms with Crippen LogP contribution in [0, 0.1) is 0 Å². The molecule has 0 aliphatic carbocycles. The highest BCUT2D eigenvalue weighted by Crippen LogP contribution is 2.27. The summed E-state index contributed by atoms with van der Waals surface area (Å²) in [4.78, 5) is 0. The zero-order valence-corrected chi connectivity index (χ0v) is 14.2. The van der Waals surface area contributed by atoms with E-state index in [9.17, 15) is 0 Å². The van der Waals surface area contributed by atoms with Crippen molar-refractivity contribution >= 4 is 11.0 Å². The number of nitrogens with zero attached hydrogens (tertiary/aromatic N) is 7. The lowest BCUT2D eigenvalue weighted by atomic mass is 10.0. The minimum atomic E-state index is 0.433. The van der Waals surface area contributed by atoms with Crippen LogP contribution in [0.15, 0.2) is 48.8 Å². The molecule has 26 heavy (non-hydrogen) atoms. The Morgan fingerprint density at radius 1 is 0.923 bits per heavy atom.